The quantitative estimate of drug-likeness (QED) is 0.701. The van der Waals surface area contributed by atoms with Crippen molar-refractivity contribution < 1.29 is 9.53 Å². The number of hydrogen-bond donors (Lipinski definition) is 1. The molecule has 0 aromatic carbocycles. The lowest BCUT2D eigenvalue weighted by Crippen LogP contribution is -2.43. The SMILES string of the molecule is COC(=O)[C@H](C)NC(C)C1CCCC1. The second kappa shape index (κ2) is 5.35. The molecule has 1 aliphatic rings. The van der Waals surface area contributed by atoms with Gasteiger partial charge in [-0.2, -0.15) is 0 Å². The molecule has 0 aliphatic heterocycles. The molecule has 3 heteroatoms. The van der Waals surface area contributed by atoms with E-state index < -0.39 is 0 Å². The van der Waals surface area contributed by atoms with Crippen LogP contribution in [0, 0.1) is 5.92 Å². The van der Waals surface area contributed by atoms with E-state index in [-0.39, 0.29) is 12.0 Å². The number of esters is 1. The average molecular weight is 199 g/mol. The van der Waals surface area contributed by atoms with E-state index in [0.717, 1.165) is 5.92 Å². The predicted molar refractivity (Wildman–Crippen MR) is 56.0 cm³/mol. The van der Waals surface area contributed by atoms with E-state index in [2.05, 4.69) is 17.0 Å². The van der Waals surface area contributed by atoms with E-state index in [9.17, 15) is 4.79 Å². The lowest BCUT2D eigenvalue weighted by molar-refractivity contribution is -0.142. The van der Waals surface area contributed by atoms with E-state index in [1.807, 2.05) is 6.92 Å². The minimum absolute atomic E-state index is 0.171. The minimum atomic E-state index is -0.185. The van der Waals surface area contributed by atoms with Crippen LogP contribution in [-0.2, 0) is 9.53 Å². The van der Waals surface area contributed by atoms with Crippen molar-refractivity contribution in [3.63, 3.8) is 0 Å². The Hall–Kier alpha value is -0.570. The van der Waals surface area contributed by atoms with Gasteiger partial charge >= 0.3 is 5.97 Å². The molecule has 3 nitrogen and oxygen atoms in total. The number of rotatable bonds is 4. The minimum Gasteiger partial charge on any atom is -0.468 e. The number of carbonyl (C=O) groups excluding carboxylic acids is 1. The van der Waals surface area contributed by atoms with Gasteiger partial charge < -0.3 is 10.1 Å². The number of methoxy groups -OCH3 is 1. The zero-order valence-corrected chi connectivity index (χ0v) is 9.38. The summed E-state index contributed by atoms with van der Waals surface area (Å²) in [5.41, 5.74) is 0. The molecule has 0 aromatic rings. The van der Waals surface area contributed by atoms with Gasteiger partial charge in [-0.1, -0.05) is 12.8 Å². The first-order valence-corrected chi connectivity index (χ1v) is 5.49. The molecule has 0 aromatic heterocycles. The molecular weight excluding hydrogens is 178 g/mol. The van der Waals surface area contributed by atoms with Crippen LogP contribution < -0.4 is 5.32 Å². The molecule has 0 saturated heterocycles. The fourth-order valence-corrected chi connectivity index (χ4v) is 2.23. The smallest absolute Gasteiger partial charge is 0.322 e. The Bertz CT molecular complexity index is 188. The van der Waals surface area contributed by atoms with Crippen molar-refractivity contribution in [1.82, 2.24) is 5.32 Å². The van der Waals surface area contributed by atoms with Gasteiger partial charge in [0, 0.05) is 6.04 Å². The van der Waals surface area contributed by atoms with Gasteiger partial charge in [-0.3, -0.25) is 4.79 Å². The van der Waals surface area contributed by atoms with Crippen molar-refractivity contribution in [3.8, 4) is 0 Å². The monoisotopic (exact) mass is 199 g/mol. The number of ether oxygens (including phenoxy) is 1. The first kappa shape index (κ1) is 11.5. The van der Waals surface area contributed by atoms with Crippen LogP contribution in [0.5, 0.6) is 0 Å². The first-order chi connectivity index (χ1) is 6.65. The van der Waals surface area contributed by atoms with Crippen LogP contribution in [0.15, 0.2) is 0 Å². The van der Waals surface area contributed by atoms with Gasteiger partial charge in [0.15, 0.2) is 0 Å². The second-order valence-electron chi connectivity index (χ2n) is 4.24. The van der Waals surface area contributed by atoms with Crippen LogP contribution in [0.3, 0.4) is 0 Å². The molecule has 0 amide bonds. The fourth-order valence-electron chi connectivity index (χ4n) is 2.23. The Labute approximate surface area is 86.2 Å². The van der Waals surface area contributed by atoms with Crippen molar-refractivity contribution in [2.45, 2.75) is 51.6 Å². The summed E-state index contributed by atoms with van der Waals surface area (Å²) in [7, 11) is 1.43. The number of carbonyl (C=O) groups is 1. The van der Waals surface area contributed by atoms with Gasteiger partial charge in [0.2, 0.25) is 0 Å². The highest BCUT2D eigenvalue weighted by atomic mass is 16.5. The molecule has 1 N–H and O–H groups in total. The van der Waals surface area contributed by atoms with Gasteiger partial charge in [-0.05, 0) is 32.6 Å². The summed E-state index contributed by atoms with van der Waals surface area (Å²) in [5, 5.41) is 3.30. The van der Waals surface area contributed by atoms with Crippen LogP contribution >= 0.6 is 0 Å². The van der Waals surface area contributed by atoms with Crippen LogP contribution in [0.25, 0.3) is 0 Å². The zero-order chi connectivity index (χ0) is 10.6. The lowest BCUT2D eigenvalue weighted by atomic mass is 9.99. The van der Waals surface area contributed by atoms with E-state index in [1.54, 1.807) is 0 Å². The highest BCUT2D eigenvalue weighted by Gasteiger charge is 2.24. The molecule has 0 bridgehead atoms. The Morgan fingerprint density at radius 3 is 2.43 bits per heavy atom. The molecule has 1 saturated carbocycles. The summed E-state index contributed by atoms with van der Waals surface area (Å²) in [6.07, 6.45) is 5.26. The molecule has 0 radical (unpaired) electrons. The van der Waals surface area contributed by atoms with Crippen molar-refractivity contribution in [3.05, 3.63) is 0 Å². The van der Waals surface area contributed by atoms with Gasteiger partial charge in [-0.25, -0.2) is 0 Å². The van der Waals surface area contributed by atoms with Crippen LogP contribution in [-0.4, -0.2) is 25.2 Å². The van der Waals surface area contributed by atoms with E-state index in [0.29, 0.717) is 6.04 Å². The van der Waals surface area contributed by atoms with Crippen molar-refractivity contribution in [2.24, 2.45) is 5.92 Å². The first-order valence-electron chi connectivity index (χ1n) is 5.49. The Morgan fingerprint density at radius 1 is 1.36 bits per heavy atom. The molecule has 2 atom stereocenters. The van der Waals surface area contributed by atoms with Gasteiger partial charge in [0.25, 0.3) is 0 Å². The maximum atomic E-state index is 11.2. The van der Waals surface area contributed by atoms with Crippen molar-refractivity contribution in [1.29, 1.82) is 0 Å². The van der Waals surface area contributed by atoms with E-state index in [4.69, 9.17) is 0 Å². The summed E-state index contributed by atoms with van der Waals surface area (Å²) >= 11 is 0. The fraction of sp³-hybridized carbons (Fsp3) is 0.909. The summed E-state index contributed by atoms with van der Waals surface area (Å²) in [6, 6.07) is 0.238. The van der Waals surface area contributed by atoms with Gasteiger partial charge in [-0.15, -0.1) is 0 Å². The molecular formula is C11H21NO2. The van der Waals surface area contributed by atoms with Crippen molar-refractivity contribution >= 4 is 5.97 Å². The topological polar surface area (TPSA) is 38.3 Å². The Balaban J connectivity index is 2.31. The number of hydrogen-bond acceptors (Lipinski definition) is 3. The molecule has 1 aliphatic carbocycles. The predicted octanol–water partition coefficient (Wildman–Crippen LogP) is 1.72. The van der Waals surface area contributed by atoms with Crippen molar-refractivity contribution in [2.75, 3.05) is 7.11 Å². The standard InChI is InChI=1S/C11H21NO2/c1-8(10-6-4-5-7-10)12-9(2)11(13)14-3/h8-10,12H,4-7H2,1-3H3/t8?,9-/m0/s1. The summed E-state index contributed by atoms with van der Waals surface area (Å²) < 4.78 is 4.67. The van der Waals surface area contributed by atoms with E-state index in [1.165, 1.54) is 32.8 Å². The number of nitrogens with one attached hydrogen (secondary N) is 1. The molecule has 82 valence electrons. The molecule has 14 heavy (non-hydrogen) atoms. The molecule has 1 unspecified atom stereocenters. The van der Waals surface area contributed by atoms with Gasteiger partial charge in [0.1, 0.15) is 6.04 Å². The maximum Gasteiger partial charge on any atom is 0.322 e. The summed E-state index contributed by atoms with van der Waals surface area (Å²) in [5.74, 6) is 0.567. The lowest BCUT2D eigenvalue weighted by Gasteiger charge is -2.23. The third kappa shape index (κ3) is 2.98. The normalized spacial score (nSPS) is 21.9. The van der Waals surface area contributed by atoms with Gasteiger partial charge in [0.05, 0.1) is 7.11 Å². The highest BCUT2D eigenvalue weighted by molar-refractivity contribution is 5.75. The summed E-state index contributed by atoms with van der Waals surface area (Å²) in [6.45, 7) is 4.02. The maximum absolute atomic E-state index is 11.2. The highest BCUT2D eigenvalue weighted by Crippen LogP contribution is 2.27. The van der Waals surface area contributed by atoms with Crippen LogP contribution in [0.2, 0.25) is 0 Å². The van der Waals surface area contributed by atoms with E-state index >= 15 is 0 Å². The Kier molecular flexibility index (Phi) is 4.39. The molecule has 0 heterocycles. The molecule has 0 spiro atoms. The largest absolute Gasteiger partial charge is 0.468 e. The zero-order valence-electron chi connectivity index (χ0n) is 9.38. The third-order valence-corrected chi connectivity index (χ3v) is 3.17. The van der Waals surface area contributed by atoms with Crippen LogP contribution in [0.4, 0.5) is 0 Å². The molecule has 1 fully saturated rings. The summed E-state index contributed by atoms with van der Waals surface area (Å²) in [4.78, 5) is 11.2. The second-order valence-corrected chi connectivity index (χ2v) is 4.24. The average Bonchev–Trinajstić information content (AvgIpc) is 2.69. The van der Waals surface area contributed by atoms with Crippen LogP contribution in [0.1, 0.15) is 39.5 Å². The third-order valence-electron chi connectivity index (χ3n) is 3.17. The molecule has 1 rings (SSSR count). The Morgan fingerprint density at radius 2 is 1.93 bits per heavy atom.